The fourth-order valence-electron chi connectivity index (χ4n) is 3.70. The molecule has 134 valence electrons. The SMILES string of the molecule is CN1CCCN(C(=O)c2ccc3ccc(N4CCOCC4)n3c2)CC1. The summed E-state index contributed by atoms with van der Waals surface area (Å²) in [5, 5.41) is 0. The van der Waals surface area contributed by atoms with Crippen LogP contribution in [-0.2, 0) is 4.74 Å². The van der Waals surface area contributed by atoms with Gasteiger partial charge in [-0.15, -0.1) is 0 Å². The van der Waals surface area contributed by atoms with Crippen LogP contribution in [0, 0.1) is 0 Å². The van der Waals surface area contributed by atoms with E-state index in [9.17, 15) is 4.79 Å². The predicted molar refractivity (Wildman–Crippen MR) is 98.4 cm³/mol. The van der Waals surface area contributed by atoms with Crippen molar-refractivity contribution in [2.45, 2.75) is 6.42 Å². The molecule has 0 saturated carbocycles. The second kappa shape index (κ2) is 7.06. The van der Waals surface area contributed by atoms with Crippen molar-refractivity contribution in [1.82, 2.24) is 14.2 Å². The first kappa shape index (κ1) is 16.4. The normalized spacial score (nSPS) is 20.0. The first-order valence-corrected chi connectivity index (χ1v) is 9.14. The molecule has 4 rings (SSSR count). The van der Waals surface area contributed by atoms with Gasteiger partial charge in [0.25, 0.3) is 5.91 Å². The van der Waals surface area contributed by atoms with E-state index in [-0.39, 0.29) is 5.91 Å². The lowest BCUT2D eigenvalue weighted by Crippen LogP contribution is -2.37. The zero-order chi connectivity index (χ0) is 17.2. The van der Waals surface area contributed by atoms with Crippen molar-refractivity contribution in [3.8, 4) is 0 Å². The van der Waals surface area contributed by atoms with Crippen molar-refractivity contribution in [2.24, 2.45) is 0 Å². The van der Waals surface area contributed by atoms with E-state index in [0.717, 1.165) is 75.8 Å². The molecular weight excluding hydrogens is 316 g/mol. The second-order valence-corrected chi connectivity index (χ2v) is 6.95. The van der Waals surface area contributed by atoms with Gasteiger partial charge in [-0.25, -0.2) is 0 Å². The van der Waals surface area contributed by atoms with Gasteiger partial charge in [0.1, 0.15) is 5.82 Å². The highest BCUT2D eigenvalue weighted by Crippen LogP contribution is 2.22. The van der Waals surface area contributed by atoms with E-state index in [1.165, 1.54) is 0 Å². The molecule has 0 unspecified atom stereocenters. The van der Waals surface area contributed by atoms with Crippen LogP contribution in [0.1, 0.15) is 16.8 Å². The van der Waals surface area contributed by atoms with Gasteiger partial charge in [-0.05, 0) is 44.3 Å². The molecule has 2 fully saturated rings. The second-order valence-electron chi connectivity index (χ2n) is 6.95. The molecule has 0 atom stereocenters. The van der Waals surface area contributed by atoms with Crippen molar-refractivity contribution < 1.29 is 9.53 Å². The molecule has 25 heavy (non-hydrogen) atoms. The fourth-order valence-corrected chi connectivity index (χ4v) is 3.70. The smallest absolute Gasteiger partial charge is 0.255 e. The van der Waals surface area contributed by atoms with Crippen LogP contribution in [0.4, 0.5) is 5.82 Å². The summed E-state index contributed by atoms with van der Waals surface area (Å²) in [4.78, 5) is 19.6. The Morgan fingerprint density at radius 1 is 0.960 bits per heavy atom. The number of carbonyl (C=O) groups is 1. The van der Waals surface area contributed by atoms with Crippen LogP contribution < -0.4 is 4.90 Å². The van der Waals surface area contributed by atoms with Crippen molar-refractivity contribution >= 4 is 17.2 Å². The van der Waals surface area contributed by atoms with E-state index < -0.39 is 0 Å². The highest BCUT2D eigenvalue weighted by atomic mass is 16.5. The molecule has 0 bridgehead atoms. The number of hydrogen-bond donors (Lipinski definition) is 0. The van der Waals surface area contributed by atoms with Crippen LogP contribution in [0.25, 0.3) is 5.52 Å². The molecular formula is C19H26N4O2. The van der Waals surface area contributed by atoms with Gasteiger partial charge in [-0.2, -0.15) is 0 Å². The van der Waals surface area contributed by atoms with Crippen molar-refractivity contribution in [3.63, 3.8) is 0 Å². The van der Waals surface area contributed by atoms with Crippen molar-refractivity contribution in [1.29, 1.82) is 0 Å². The zero-order valence-corrected chi connectivity index (χ0v) is 14.9. The molecule has 1 amide bonds. The number of hydrogen-bond acceptors (Lipinski definition) is 4. The minimum atomic E-state index is 0.138. The molecule has 4 heterocycles. The summed E-state index contributed by atoms with van der Waals surface area (Å²) < 4.78 is 7.60. The summed E-state index contributed by atoms with van der Waals surface area (Å²) in [5.41, 5.74) is 1.89. The first-order chi connectivity index (χ1) is 12.2. The number of morpholine rings is 1. The molecule has 0 N–H and O–H groups in total. The van der Waals surface area contributed by atoms with Crippen molar-refractivity contribution in [2.75, 3.05) is 64.4 Å². The number of rotatable bonds is 2. The number of anilines is 1. The fraction of sp³-hybridized carbons (Fsp3) is 0.526. The van der Waals surface area contributed by atoms with Crippen LogP contribution in [0.15, 0.2) is 30.5 Å². The standard InChI is InChI=1S/C19H26N4O2/c1-20-7-2-8-22(10-9-20)19(24)16-3-4-17-5-6-18(23(17)15-16)21-11-13-25-14-12-21/h3-6,15H,2,7-14H2,1H3. The highest BCUT2D eigenvalue weighted by Gasteiger charge is 2.20. The maximum absolute atomic E-state index is 13.0. The minimum absolute atomic E-state index is 0.138. The van der Waals surface area contributed by atoms with Gasteiger partial charge in [-0.3, -0.25) is 4.79 Å². The first-order valence-electron chi connectivity index (χ1n) is 9.14. The van der Waals surface area contributed by atoms with Gasteiger partial charge in [0.05, 0.1) is 18.8 Å². The Labute approximate surface area is 148 Å². The number of ether oxygens (including phenoxy) is 1. The average Bonchev–Trinajstić information content (AvgIpc) is 2.95. The molecule has 0 spiro atoms. The number of fused-ring (bicyclic) bond motifs is 1. The average molecular weight is 342 g/mol. The summed E-state index contributed by atoms with van der Waals surface area (Å²) in [7, 11) is 2.12. The molecule has 0 aromatic carbocycles. The third-order valence-electron chi connectivity index (χ3n) is 5.22. The lowest BCUT2D eigenvalue weighted by Gasteiger charge is -2.28. The summed E-state index contributed by atoms with van der Waals surface area (Å²) in [6.45, 7) is 6.93. The number of nitrogens with zero attached hydrogens (tertiary/aromatic N) is 4. The largest absolute Gasteiger partial charge is 0.378 e. The number of likely N-dealkylation sites (N-methyl/N-ethyl adjacent to an activating group) is 1. The van der Waals surface area contributed by atoms with Gasteiger partial charge < -0.3 is 23.8 Å². The minimum Gasteiger partial charge on any atom is -0.378 e. The third-order valence-corrected chi connectivity index (χ3v) is 5.22. The van der Waals surface area contributed by atoms with Crippen LogP contribution in [0.3, 0.4) is 0 Å². The Kier molecular flexibility index (Phi) is 4.63. The highest BCUT2D eigenvalue weighted by molar-refractivity contribution is 5.94. The molecule has 2 aromatic rings. The Hall–Kier alpha value is -2.05. The maximum atomic E-state index is 13.0. The Balaban J connectivity index is 1.60. The Morgan fingerprint density at radius 2 is 1.76 bits per heavy atom. The lowest BCUT2D eigenvalue weighted by molar-refractivity contribution is 0.0762. The number of carbonyl (C=O) groups excluding carboxylic acids is 1. The van der Waals surface area contributed by atoms with Gasteiger partial charge in [0, 0.05) is 44.4 Å². The molecule has 2 saturated heterocycles. The monoisotopic (exact) mass is 342 g/mol. The molecule has 6 heteroatoms. The van der Waals surface area contributed by atoms with Crippen LogP contribution in [-0.4, -0.2) is 79.6 Å². The molecule has 2 aliphatic rings. The van der Waals surface area contributed by atoms with Crippen LogP contribution in [0.5, 0.6) is 0 Å². The summed E-state index contributed by atoms with van der Waals surface area (Å²) in [6.07, 6.45) is 3.03. The molecule has 2 aromatic heterocycles. The van der Waals surface area contributed by atoms with E-state index in [1.807, 2.05) is 23.2 Å². The quantitative estimate of drug-likeness (QED) is 0.830. The van der Waals surface area contributed by atoms with E-state index >= 15 is 0 Å². The van der Waals surface area contributed by atoms with Gasteiger partial charge in [-0.1, -0.05) is 0 Å². The molecule has 0 radical (unpaired) electrons. The molecule has 2 aliphatic heterocycles. The van der Waals surface area contributed by atoms with E-state index in [4.69, 9.17) is 4.74 Å². The number of aromatic nitrogens is 1. The Morgan fingerprint density at radius 3 is 2.60 bits per heavy atom. The van der Waals surface area contributed by atoms with Gasteiger partial charge in [0.15, 0.2) is 0 Å². The summed E-state index contributed by atoms with van der Waals surface area (Å²) in [5.74, 6) is 1.28. The van der Waals surface area contributed by atoms with E-state index in [2.05, 4.69) is 33.4 Å². The van der Waals surface area contributed by atoms with Crippen LogP contribution >= 0.6 is 0 Å². The van der Waals surface area contributed by atoms with Crippen LogP contribution in [0.2, 0.25) is 0 Å². The van der Waals surface area contributed by atoms with E-state index in [0.29, 0.717) is 0 Å². The number of pyridine rings is 1. The summed E-state index contributed by atoms with van der Waals surface area (Å²) >= 11 is 0. The Bertz CT molecular complexity index is 751. The van der Waals surface area contributed by atoms with Crippen molar-refractivity contribution in [3.05, 3.63) is 36.0 Å². The van der Waals surface area contributed by atoms with Gasteiger partial charge >= 0.3 is 0 Å². The van der Waals surface area contributed by atoms with Gasteiger partial charge in [0.2, 0.25) is 0 Å². The van der Waals surface area contributed by atoms with E-state index in [1.54, 1.807) is 0 Å². The predicted octanol–water partition coefficient (Wildman–Crippen LogP) is 1.55. The molecule has 6 nitrogen and oxygen atoms in total. The summed E-state index contributed by atoms with van der Waals surface area (Å²) in [6, 6.07) is 8.24. The number of amides is 1. The third kappa shape index (κ3) is 3.37. The zero-order valence-electron chi connectivity index (χ0n) is 14.9. The topological polar surface area (TPSA) is 40.4 Å². The maximum Gasteiger partial charge on any atom is 0.255 e. The molecule has 0 aliphatic carbocycles. The lowest BCUT2D eigenvalue weighted by atomic mass is 10.2.